The molecule has 204 valence electrons. The summed E-state index contributed by atoms with van der Waals surface area (Å²) in [5, 5.41) is 22.4. The molecule has 8 nitrogen and oxygen atoms in total. The lowest BCUT2D eigenvalue weighted by Crippen LogP contribution is -2.45. The molecule has 0 aliphatic carbocycles. The number of phenolic OH excluding ortho intramolecular Hbond substituents is 1. The van der Waals surface area contributed by atoms with Gasteiger partial charge in [0.1, 0.15) is 45.3 Å². The molecule has 0 radical (unpaired) electrons. The minimum Gasteiger partial charge on any atom is -0.507 e. The van der Waals surface area contributed by atoms with Gasteiger partial charge in [0.25, 0.3) is 0 Å². The maximum absolute atomic E-state index is 14.7. The van der Waals surface area contributed by atoms with E-state index in [1.54, 1.807) is 42.5 Å². The Morgan fingerprint density at radius 1 is 0.976 bits per heavy atom. The molecule has 2 aliphatic rings. The molecular weight excluding hydrogens is 554 g/mol. The number of nitriles is 1. The number of nitrogens with zero attached hydrogens (tertiary/aromatic N) is 2. The molecule has 3 heterocycles. The van der Waals surface area contributed by atoms with Gasteiger partial charge in [-0.2, -0.15) is 5.26 Å². The minimum absolute atomic E-state index is 0.0225. The first kappa shape index (κ1) is 25.4. The van der Waals surface area contributed by atoms with Crippen molar-refractivity contribution in [1.82, 2.24) is 0 Å². The van der Waals surface area contributed by atoms with Crippen molar-refractivity contribution in [2.75, 3.05) is 4.90 Å². The van der Waals surface area contributed by atoms with Gasteiger partial charge in [-0.15, -0.1) is 0 Å². The van der Waals surface area contributed by atoms with Crippen molar-refractivity contribution in [3.63, 3.8) is 0 Å². The highest BCUT2D eigenvalue weighted by atomic mass is 35.5. The van der Waals surface area contributed by atoms with Crippen LogP contribution >= 0.6 is 11.6 Å². The summed E-state index contributed by atoms with van der Waals surface area (Å²) in [6, 6.07) is 28.0. The highest BCUT2D eigenvalue weighted by Gasteiger charge is 2.60. The number of carbonyl (C=O) groups excluding carboxylic acids is 1. The second-order valence-corrected chi connectivity index (χ2v) is 10.5. The zero-order valence-corrected chi connectivity index (χ0v) is 22.6. The van der Waals surface area contributed by atoms with Gasteiger partial charge in [-0.3, -0.25) is 9.59 Å². The highest BCUT2D eigenvalue weighted by molar-refractivity contribution is 6.31. The summed E-state index contributed by atoms with van der Waals surface area (Å²) in [5.74, 6) is -1.15. The number of nitrogens with two attached hydrogens (primary N) is 1. The number of amides is 1. The molecule has 7 rings (SSSR count). The number of aromatic hydroxyl groups is 1. The molecule has 2 aliphatic heterocycles. The van der Waals surface area contributed by atoms with Crippen LogP contribution in [-0.4, -0.2) is 11.0 Å². The maximum atomic E-state index is 14.7. The number of ether oxygens (including phenoxy) is 1. The number of carbonyl (C=O) groups is 1. The van der Waals surface area contributed by atoms with Crippen LogP contribution in [0.1, 0.15) is 16.7 Å². The van der Waals surface area contributed by atoms with Gasteiger partial charge in [0.15, 0.2) is 5.43 Å². The van der Waals surface area contributed by atoms with E-state index >= 15 is 0 Å². The molecule has 4 aromatic carbocycles. The summed E-state index contributed by atoms with van der Waals surface area (Å²) in [6.07, 6.45) is 0. The topological polar surface area (TPSA) is 130 Å². The summed E-state index contributed by atoms with van der Waals surface area (Å²) in [5.41, 5.74) is 5.87. The smallest absolute Gasteiger partial charge is 0.248 e. The van der Waals surface area contributed by atoms with Crippen molar-refractivity contribution >= 4 is 34.2 Å². The highest BCUT2D eigenvalue weighted by Crippen LogP contribution is 2.59. The van der Waals surface area contributed by atoms with Crippen molar-refractivity contribution in [1.29, 1.82) is 5.26 Å². The number of benzene rings is 4. The van der Waals surface area contributed by atoms with Gasteiger partial charge in [0.2, 0.25) is 11.8 Å². The van der Waals surface area contributed by atoms with Crippen LogP contribution < -0.4 is 20.8 Å². The zero-order chi connectivity index (χ0) is 29.2. The van der Waals surface area contributed by atoms with Gasteiger partial charge in [0.05, 0.1) is 12.1 Å². The van der Waals surface area contributed by atoms with E-state index in [2.05, 4.69) is 0 Å². The van der Waals surface area contributed by atoms with Gasteiger partial charge in [-0.25, -0.2) is 0 Å². The van der Waals surface area contributed by atoms with Crippen molar-refractivity contribution in [3.05, 3.63) is 134 Å². The quantitative estimate of drug-likeness (QED) is 0.281. The number of halogens is 1. The molecule has 1 aromatic heterocycles. The van der Waals surface area contributed by atoms with Gasteiger partial charge in [-0.1, -0.05) is 72.3 Å². The minimum atomic E-state index is -1.94. The zero-order valence-electron chi connectivity index (χ0n) is 21.8. The number of fused-ring (bicyclic) bond motifs is 5. The molecular formula is C33H20ClN3O5. The fourth-order valence-corrected chi connectivity index (χ4v) is 6.13. The molecule has 5 aromatic rings. The van der Waals surface area contributed by atoms with Crippen molar-refractivity contribution in [2.24, 2.45) is 5.73 Å². The van der Waals surface area contributed by atoms with E-state index in [0.29, 0.717) is 21.8 Å². The van der Waals surface area contributed by atoms with E-state index in [4.69, 9.17) is 26.5 Å². The Morgan fingerprint density at radius 3 is 2.40 bits per heavy atom. The Morgan fingerprint density at radius 2 is 1.69 bits per heavy atom. The number of phenols is 1. The molecule has 3 N–H and O–H groups in total. The average molecular weight is 574 g/mol. The predicted molar refractivity (Wildman–Crippen MR) is 157 cm³/mol. The van der Waals surface area contributed by atoms with E-state index in [0.717, 1.165) is 5.56 Å². The molecule has 1 atom stereocenters. The molecule has 1 amide bonds. The second kappa shape index (κ2) is 9.26. The van der Waals surface area contributed by atoms with E-state index in [-0.39, 0.29) is 46.0 Å². The first-order valence-electron chi connectivity index (χ1n) is 13.0. The number of anilines is 1. The lowest BCUT2D eigenvalue weighted by atomic mass is 9.68. The van der Waals surface area contributed by atoms with Crippen LogP contribution in [0.15, 0.2) is 112 Å². The summed E-state index contributed by atoms with van der Waals surface area (Å²) < 4.78 is 11.9. The molecule has 0 fully saturated rings. The predicted octanol–water partition coefficient (Wildman–Crippen LogP) is 5.74. The maximum Gasteiger partial charge on any atom is 0.248 e. The number of rotatable bonds is 3. The van der Waals surface area contributed by atoms with Crippen LogP contribution in [0.3, 0.4) is 0 Å². The largest absolute Gasteiger partial charge is 0.507 e. The van der Waals surface area contributed by atoms with Crippen molar-refractivity contribution < 1.29 is 19.1 Å². The Kier molecular flexibility index (Phi) is 5.61. The number of hydrogen-bond donors (Lipinski definition) is 2. The van der Waals surface area contributed by atoms with Gasteiger partial charge in [-0.05, 0) is 23.8 Å². The average Bonchev–Trinajstić information content (AvgIpc) is 3.20. The van der Waals surface area contributed by atoms with Crippen molar-refractivity contribution in [2.45, 2.75) is 12.0 Å². The van der Waals surface area contributed by atoms with Crippen LogP contribution in [0.4, 0.5) is 5.69 Å². The lowest BCUT2D eigenvalue weighted by molar-refractivity contribution is -0.121. The monoisotopic (exact) mass is 573 g/mol. The SMILES string of the molecule is N#CC1=C(N)Oc2cc3oc(-c4ccccc4)cc(=O)c3c(O)c2C12C(=O)N(Cc1ccccc1)c1ccc(Cl)cc12. The third kappa shape index (κ3) is 3.47. The summed E-state index contributed by atoms with van der Waals surface area (Å²) in [7, 11) is 0. The van der Waals surface area contributed by atoms with Crippen LogP contribution in [0.5, 0.6) is 11.5 Å². The Hall–Kier alpha value is -5.52. The Bertz CT molecular complexity index is 2080. The normalized spacial score (nSPS) is 17.2. The molecule has 9 heteroatoms. The van der Waals surface area contributed by atoms with Crippen molar-refractivity contribution in [3.8, 4) is 28.9 Å². The van der Waals surface area contributed by atoms with Gasteiger partial charge < -0.3 is 24.9 Å². The van der Waals surface area contributed by atoms with Gasteiger partial charge in [0, 0.05) is 34.0 Å². The Balaban J connectivity index is 1.54. The molecule has 0 saturated carbocycles. The van der Waals surface area contributed by atoms with Gasteiger partial charge >= 0.3 is 0 Å². The van der Waals surface area contributed by atoms with E-state index in [9.17, 15) is 20.0 Å². The molecule has 0 saturated heterocycles. The fourth-order valence-electron chi connectivity index (χ4n) is 5.96. The molecule has 1 unspecified atom stereocenters. The second-order valence-electron chi connectivity index (χ2n) is 10.1. The van der Waals surface area contributed by atoms with Crippen LogP contribution in [0, 0.1) is 11.3 Å². The molecule has 0 bridgehead atoms. The number of hydrogen-bond acceptors (Lipinski definition) is 7. The lowest BCUT2D eigenvalue weighted by Gasteiger charge is -2.35. The Labute approximate surface area is 244 Å². The fraction of sp³-hybridized carbons (Fsp3) is 0.0606. The third-order valence-electron chi connectivity index (χ3n) is 7.75. The van der Waals surface area contributed by atoms with E-state index in [1.807, 2.05) is 42.5 Å². The molecule has 1 spiro atoms. The third-order valence-corrected chi connectivity index (χ3v) is 7.98. The van der Waals surface area contributed by atoms with Crippen LogP contribution in [-0.2, 0) is 16.8 Å². The first-order valence-corrected chi connectivity index (χ1v) is 13.4. The standard InChI is InChI=1S/C33H20ClN3O5/c34-20-11-12-23-21(13-20)33(32(40)37(23)17-18-7-3-1-4-8-18)22(16-35)31(36)42-27-15-26-28(30(39)29(27)33)24(38)14-25(41-26)19-9-5-2-6-10-19/h1-15,39H,17,36H2. The first-order chi connectivity index (χ1) is 20.3. The van der Waals surface area contributed by atoms with Crippen LogP contribution in [0.2, 0.25) is 5.02 Å². The summed E-state index contributed by atoms with van der Waals surface area (Å²) in [4.78, 5) is 29.7. The van der Waals surface area contributed by atoms with E-state index in [1.165, 1.54) is 17.0 Å². The van der Waals surface area contributed by atoms with E-state index < -0.39 is 22.5 Å². The van der Waals surface area contributed by atoms with Crippen LogP contribution in [0.25, 0.3) is 22.3 Å². The summed E-state index contributed by atoms with van der Waals surface area (Å²) >= 11 is 6.45. The molecule has 42 heavy (non-hydrogen) atoms. The summed E-state index contributed by atoms with van der Waals surface area (Å²) in [6.45, 7) is 0.168.